The van der Waals surface area contributed by atoms with Crippen LogP contribution in [0.4, 0.5) is 13.2 Å². The molecule has 6 heteroatoms. The largest absolute Gasteiger partial charge is 0.478 e. The number of nitrogens with zero attached hydrogens (tertiary/aromatic N) is 2. The van der Waals surface area contributed by atoms with Crippen LogP contribution < -0.4 is 4.74 Å². The number of pyridine rings is 2. The van der Waals surface area contributed by atoms with Crippen LogP contribution in [0.1, 0.15) is 23.4 Å². The van der Waals surface area contributed by atoms with Gasteiger partial charge in [-0.05, 0) is 38.0 Å². The number of ether oxygens (including phenoxy) is 1. The lowest BCUT2D eigenvalue weighted by atomic mass is 10.2. The Kier molecular flexibility index (Phi) is 4.77. The minimum Gasteiger partial charge on any atom is -0.478 e. The number of aromatic nitrogens is 2. The molecule has 2 aromatic heterocycles. The van der Waals surface area contributed by atoms with Gasteiger partial charge in [-0.3, -0.25) is 4.98 Å². The van der Waals surface area contributed by atoms with E-state index in [1.165, 1.54) is 6.92 Å². The third-order valence-corrected chi connectivity index (χ3v) is 2.81. The van der Waals surface area contributed by atoms with Gasteiger partial charge in [-0.25, -0.2) is 4.98 Å². The molecule has 0 fully saturated rings. The van der Waals surface area contributed by atoms with E-state index in [-0.39, 0.29) is 11.6 Å². The summed E-state index contributed by atoms with van der Waals surface area (Å²) in [5, 5.41) is 0. The minimum absolute atomic E-state index is 0.00310. The summed E-state index contributed by atoms with van der Waals surface area (Å²) < 4.78 is 43.3. The molecule has 0 aliphatic carbocycles. The Hall–Kier alpha value is -2.11. The highest BCUT2D eigenvalue weighted by atomic mass is 19.4. The molecule has 0 saturated carbocycles. The molecule has 0 unspecified atom stereocenters. The van der Waals surface area contributed by atoms with E-state index in [2.05, 4.69) is 9.97 Å². The fourth-order valence-electron chi connectivity index (χ4n) is 1.85. The monoisotopic (exact) mass is 296 g/mol. The lowest BCUT2D eigenvalue weighted by Gasteiger charge is -2.10. The van der Waals surface area contributed by atoms with Crippen molar-refractivity contribution in [2.45, 2.75) is 25.9 Å². The lowest BCUT2D eigenvalue weighted by molar-refractivity contribution is -0.137. The van der Waals surface area contributed by atoms with Gasteiger partial charge >= 0.3 is 6.18 Å². The number of alkyl halides is 3. The van der Waals surface area contributed by atoms with Gasteiger partial charge in [0, 0.05) is 23.7 Å². The van der Waals surface area contributed by atoms with Crippen molar-refractivity contribution in [1.29, 1.82) is 0 Å². The van der Waals surface area contributed by atoms with Crippen molar-refractivity contribution in [1.82, 2.24) is 9.97 Å². The molecule has 0 aromatic carbocycles. The second-order valence-electron chi connectivity index (χ2n) is 4.61. The second-order valence-corrected chi connectivity index (χ2v) is 4.61. The summed E-state index contributed by atoms with van der Waals surface area (Å²) in [4.78, 5) is 8.12. The van der Waals surface area contributed by atoms with Crippen molar-refractivity contribution in [3.05, 3.63) is 53.5 Å². The first-order valence-corrected chi connectivity index (χ1v) is 6.54. The maximum Gasteiger partial charge on any atom is 0.416 e. The Balaban J connectivity index is 1.90. The zero-order chi connectivity index (χ0) is 15.3. The molecule has 0 atom stereocenters. The van der Waals surface area contributed by atoms with Crippen LogP contribution in [0.15, 0.2) is 36.5 Å². The Bertz CT molecular complexity index is 585. The molecule has 0 aliphatic rings. The Labute approximate surface area is 120 Å². The normalized spacial score (nSPS) is 11.4. The molecule has 3 nitrogen and oxygen atoms in total. The third kappa shape index (κ3) is 4.73. The SMILES string of the molecule is Cc1cc(C(F)(F)F)cc(OCCCc2ccccn2)n1. The molecule has 112 valence electrons. The average Bonchev–Trinajstić information content (AvgIpc) is 2.43. The van der Waals surface area contributed by atoms with Gasteiger partial charge in [0.1, 0.15) is 0 Å². The molecular formula is C15H15F3N2O. The van der Waals surface area contributed by atoms with Crippen molar-refractivity contribution in [2.75, 3.05) is 6.61 Å². The highest BCUT2D eigenvalue weighted by Crippen LogP contribution is 2.31. The predicted octanol–water partition coefficient (Wildman–Crippen LogP) is 3.82. The maximum absolute atomic E-state index is 12.7. The van der Waals surface area contributed by atoms with Gasteiger partial charge in [0.25, 0.3) is 0 Å². The third-order valence-electron chi connectivity index (χ3n) is 2.81. The summed E-state index contributed by atoms with van der Waals surface area (Å²) in [5.41, 5.74) is 0.466. The summed E-state index contributed by atoms with van der Waals surface area (Å²) in [6, 6.07) is 7.54. The van der Waals surface area contributed by atoms with E-state index in [0.29, 0.717) is 19.4 Å². The highest BCUT2D eigenvalue weighted by Gasteiger charge is 2.31. The van der Waals surface area contributed by atoms with Crippen LogP contribution >= 0.6 is 0 Å². The molecule has 0 radical (unpaired) electrons. The molecule has 0 aliphatic heterocycles. The quantitative estimate of drug-likeness (QED) is 0.787. The van der Waals surface area contributed by atoms with Gasteiger partial charge in [0.05, 0.1) is 12.2 Å². The fourth-order valence-corrected chi connectivity index (χ4v) is 1.85. The number of hydrogen-bond donors (Lipinski definition) is 0. The van der Waals surface area contributed by atoms with Crippen LogP contribution in [0.25, 0.3) is 0 Å². The van der Waals surface area contributed by atoms with Crippen molar-refractivity contribution in [3.63, 3.8) is 0 Å². The average molecular weight is 296 g/mol. The second kappa shape index (κ2) is 6.56. The van der Waals surface area contributed by atoms with Crippen LogP contribution in [-0.2, 0) is 12.6 Å². The van der Waals surface area contributed by atoms with Crippen LogP contribution in [0.5, 0.6) is 5.88 Å². The molecule has 2 rings (SSSR count). The Morgan fingerprint density at radius 2 is 2.00 bits per heavy atom. The van der Waals surface area contributed by atoms with Crippen LogP contribution in [0, 0.1) is 6.92 Å². The highest BCUT2D eigenvalue weighted by molar-refractivity contribution is 5.26. The number of rotatable bonds is 5. The molecule has 0 N–H and O–H groups in total. The first kappa shape index (κ1) is 15.3. The summed E-state index contributed by atoms with van der Waals surface area (Å²) >= 11 is 0. The first-order chi connectivity index (χ1) is 9.95. The summed E-state index contributed by atoms with van der Waals surface area (Å²) in [7, 11) is 0. The molecule has 2 heterocycles. The zero-order valence-electron chi connectivity index (χ0n) is 11.5. The van der Waals surface area contributed by atoms with Gasteiger partial charge in [-0.15, -0.1) is 0 Å². The standard InChI is InChI=1S/C15H15F3N2O/c1-11-9-12(15(16,17)18)10-14(20-11)21-8-4-6-13-5-2-3-7-19-13/h2-3,5,7,9-10H,4,6,8H2,1H3. The lowest BCUT2D eigenvalue weighted by Crippen LogP contribution is -2.08. The first-order valence-electron chi connectivity index (χ1n) is 6.54. The van der Waals surface area contributed by atoms with E-state index in [0.717, 1.165) is 17.8 Å². The van der Waals surface area contributed by atoms with Crippen LogP contribution in [-0.4, -0.2) is 16.6 Å². The summed E-state index contributed by atoms with van der Waals surface area (Å²) in [6.07, 6.45) is -1.32. The Morgan fingerprint density at radius 1 is 1.19 bits per heavy atom. The predicted molar refractivity (Wildman–Crippen MR) is 72.0 cm³/mol. The zero-order valence-corrected chi connectivity index (χ0v) is 11.5. The van der Waals surface area contributed by atoms with E-state index in [1.807, 2.05) is 18.2 Å². The smallest absolute Gasteiger partial charge is 0.416 e. The summed E-state index contributed by atoms with van der Waals surface area (Å²) in [6.45, 7) is 1.81. The molecule has 21 heavy (non-hydrogen) atoms. The van der Waals surface area contributed by atoms with E-state index in [4.69, 9.17) is 4.74 Å². The minimum atomic E-state index is -4.39. The molecule has 0 bridgehead atoms. The van der Waals surface area contributed by atoms with Gasteiger partial charge in [0.2, 0.25) is 5.88 Å². The van der Waals surface area contributed by atoms with Gasteiger partial charge in [0.15, 0.2) is 0 Å². The topological polar surface area (TPSA) is 35.0 Å². The van der Waals surface area contributed by atoms with Crippen molar-refractivity contribution >= 4 is 0 Å². The molecular weight excluding hydrogens is 281 g/mol. The van der Waals surface area contributed by atoms with E-state index < -0.39 is 11.7 Å². The van der Waals surface area contributed by atoms with E-state index >= 15 is 0 Å². The number of aryl methyl sites for hydroxylation is 2. The number of hydrogen-bond acceptors (Lipinski definition) is 3. The fraction of sp³-hybridized carbons (Fsp3) is 0.333. The van der Waals surface area contributed by atoms with Gasteiger partial charge in [-0.2, -0.15) is 13.2 Å². The van der Waals surface area contributed by atoms with Crippen molar-refractivity contribution in [3.8, 4) is 5.88 Å². The van der Waals surface area contributed by atoms with Gasteiger partial charge in [-0.1, -0.05) is 6.07 Å². The van der Waals surface area contributed by atoms with Crippen LogP contribution in [0.2, 0.25) is 0 Å². The van der Waals surface area contributed by atoms with Crippen molar-refractivity contribution < 1.29 is 17.9 Å². The van der Waals surface area contributed by atoms with Crippen LogP contribution in [0.3, 0.4) is 0 Å². The molecule has 0 amide bonds. The van der Waals surface area contributed by atoms with Gasteiger partial charge < -0.3 is 4.74 Å². The maximum atomic E-state index is 12.7. The Morgan fingerprint density at radius 3 is 2.67 bits per heavy atom. The molecule has 2 aromatic rings. The van der Waals surface area contributed by atoms with Crippen molar-refractivity contribution in [2.24, 2.45) is 0 Å². The van der Waals surface area contributed by atoms with E-state index in [1.54, 1.807) is 6.20 Å². The summed E-state index contributed by atoms with van der Waals surface area (Å²) in [5.74, 6) is 0.00310. The molecule has 0 saturated heterocycles. The molecule has 0 spiro atoms. The van der Waals surface area contributed by atoms with E-state index in [9.17, 15) is 13.2 Å². The number of halogens is 3.